The maximum atomic E-state index is 12.8. The smallest absolute Gasteiger partial charge is 0.255 e. The number of amides is 1. The van der Waals surface area contributed by atoms with Crippen LogP contribution in [0.5, 0.6) is 0 Å². The molecule has 0 spiro atoms. The molecule has 1 heterocycles. The van der Waals surface area contributed by atoms with Crippen molar-refractivity contribution in [1.82, 2.24) is 4.90 Å². The summed E-state index contributed by atoms with van der Waals surface area (Å²) in [5, 5.41) is 8.84. The van der Waals surface area contributed by atoms with Gasteiger partial charge in [-0.05, 0) is 44.2 Å². The number of aliphatic hydroxyl groups excluding tert-OH is 1. The van der Waals surface area contributed by atoms with E-state index in [1.54, 1.807) is 0 Å². The van der Waals surface area contributed by atoms with Gasteiger partial charge in [-0.1, -0.05) is 23.5 Å². The van der Waals surface area contributed by atoms with Gasteiger partial charge < -0.3 is 10.0 Å². The molecule has 1 saturated carbocycles. The molecule has 2 unspecified atom stereocenters. The third kappa shape index (κ3) is 2.32. The summed E-state index contributed by atoms with van der Waals surface area (Å²) in [4.78, 5) is 14.8. The number of hydrogen-bond acceptors (Lipinski definition) is 2. The van der Waals surface area contributed by atoms with Crippen LogP contribution < -0.4 is 0 Å². The lowest BCUT2D eigenvalue weighted by Gasteiger charge is -2.27. The summed E-state index contributed by atoms with van der Waals surface area (Å²) in [6.07, 6.45) is 3.56. The van der Waals surface area contributed by atoms with Gasteiger partial charge in [-0.2, -0.15) is 0 Å². The Kier molecular flexibility index (Phi) is 3.50. The Balaban J connectivity index is 1.92. The number of carbonyl (C=O) groups is 1. The van der Waals surface area contributed by atoms with Gasteiger partial charge in [0.25, 0.3) is 5.91 Å². The fraction of sp³-hybridized carbons (Fsp3) is 0.471. The summed E-state index contributed by atoms with van der Waals surface area (Å²) < 4.78 is 0. The minimum Gasteiger partial charge on any atom is -0.384 e. The van der Waals surface area contributed by atoms with Crippen LogP contribution in [-0.4, -0.2) is 35.1 Å². The standard InChI is InChI=1S/C17H19NO2/c1-12-4-6-14(3-2-8-19)16(9-12)17(20)18-11-13-5-7-15(18)10-13/h4,6,9,13,15,19H,5,7-8,10-11H2,1H3. The molecule has 1 aliphatic carbocycles. The fourth-order valence-electron chi connectivity index (χ4n) is 3.41. The number of nitrogens with zero attached hydrogens (tertiary/aromatic N) is 1. The Morgan fingerprint density at radius 2 is 2.30 bits per heavy atom. The predicted molar refractivity (Wildman–Crippen MR) is 77.3 cm³/mol. The van der Waals surface area contributed by atoms with Crippen molar-refractivity contribution in [3.63, 3.8) is 0 Å². The van der Waals surface area contributed by atoms with Gasteiger partial charge in [-0.3, -0.25) is 4.79 Å². The zero-order chi connectivity index (χ0) is 14.1. The molecule has 2 atom stereocenters. The maximum Gasteiger partial charge on any atom is 0.255 e. The second-order valence-corrected chi connectivity index (χ2v) is 5.80. The summed E-state index contributed by atoms with van der Waals surface area (Å²) in [6.45, 7) is 2.69. The van der Waals surface area contributed by atoms with Gasteiger partial charge in [-0.25, -0.2) is 0 Å². The number of piperidine rings is 1. The summed E-state index contributed by atoms with van der Waals surface area (Å²) >= 11 is 0. The molecule has 1 aromatic rings. The first-order valence-corrected chi connectivity index (χ1v) is 7.20. The molecule has 0 aromatic heterocycles. The number of benzene rings is 1. The van der Waals surface area contributed by atoms with Gasteiger partial charge in [0.05, 0.1) is 5.56 Å². The molecular formula is C17H19NO2. The lowest BCUT2D eigenvalue weighted by Crippen LogP contribution is -2.38. The molecule has 1 amide bonds. The molecule has 1 N–H and O–H groups in total. The number of rotatable bonds is 1. The average Bonchev–Trinajstić information content (AvgIpc) is 3.08. The molecule has 0 radical (unpaired) electrons. The van der Waals surface area contributed by atoms with E-state index < -0.39 is 0 Å². The predicted octanol–water partition coefficient (Wildman–Crippen LogP) is 1.96. The summed E-state index contributed by atoms with van der Waals surface area (Å²) in [6, 6.07) is 6.16. The van der Waals surface area contributed by atoms with Crippen molar-refractivity contribution in [2.75, 3.05) is 13.2 Å². The minimum atomic E-state index is -0.185. The largest absolute Gasteiger partial charge is 0.384 e. The van der Waals surface area contributed by atoms with Crippen LogP contribution in [0.2, 0.25) is 0 Å². The zero-order valence-corrected chi connectivity index (χ0v) is 11.7. The molecule has 2 bridgehead atoms. The van der Waals surface area contributed by atoms with Gasteiger partial charge in [-0.15, -0.1) is 0 Å². The highest BCUT2D eigenvalue weighted by molar-refractivity contribution is 5.97. The van der Waals surface area contributed by atoms with Crippen molar-refractivity contribution in [2.24, 2.45) is 5.92 Å². The number of carbonyl (C=O) groups excluding carboxylic acids is 1. The maximum absolute atomic E-state index is 12.8. The Labute approximate surface area is 119 Å². The van der Waals surface area contributed by atoms with E-state index in [0.29, 0.717) is 17.5 Å². The number of aliphatic hydroxyl groups is 1. The average molecular weight is 269 g/mol. The van der Waals surface area contributed by atoms with Crippen molar-refractivity contribution in [3.05, 3.63) is 34.9 Å². The minimum absolute atomic E-state index is 0.100. The van der Waals surface area contributed by atoms with Crippen molar-refractivity contribution in [2.45, 2.75) is 32.2 Å². The number of hydrogen-bond donors (Lipinski definition) is 1. The molecule has 2 fully saturated rings. The van der Waals surface area contributed by atoms with E-state index in [9.17, 15) is 4.79 Å². The third-order valence-corrected chi connectivity index (χ3v) is 4.38. The molecule has 3 rings (SSSR count). The van der Waals surface area contributed by atoms with Gasteiger partial charge >= 0.3 is 0 Å². The number of likely N-dealkylation sites (tertiary alicyclic amines) is 1. The van der Waals surface area contributed by atoms with Crippen LogP contribution in [0.3, 0.4) is 0 Å². The van der Waals surface area contributed by atoms with E-state index in [1.165, 1.54) is 6.42 Å². The SMILES string of the molecule is Cc1ccc(C#CCO)c(C(=O)N2CC3CCC2C3)c1. The molecule has 1 aliphatic heterocycles. The van der Waals surface area contributed by atoms with Gasteiger partial charge in [0.15, 0.2) is 0 Å². The van der Waals surface area contributed by atoms with Crippen molar-refractivity contribution in [1.29, 1.82) is 0 Å². The Bertz CT molecular complexity index is 597. The van der Waals surface area contributed by atoms with Crippen LogP contribution in [0.15, 0.2) is 18.2 Å². The molecular weight excluding hydrogens is 250 g/mol. The monoisotopic (exact) mass is 269 g/mol. The van der Waals surface area contributed by atoms with E-state index >= 15 is 0 Å². The molecule has 104 valence electrons. The van der Waals surface area contributed by atoms with Crippen LogP contribution in [0.4, 0.5) is 0 Å². The lowest BCUT2D eigenvalue weighted by atomic mass is 10.0. The lowest BCUT2D eigenvalue weighted by molar-refractivity contribution is 0.0703. The van der Waals surface area contributed by atoms with E-state index in [2.05, 4.69) is 11.8 Å². The Hall–Kier alpha value is -1.79. The molecule has 2 aliphatic rings. The van der Waals surface area contributed by atoms with Crippen LogP contribution >= 0.6 is 0 Å². The molecule has 20 heavy (non-hydrogen) atoms. The van der Waals surface area contributed by atoms with Crippen LogP contribution in [-0.2, 0) is 0 Å². The molecule has 3 heteroatoms. The summed E-state index contributed by atoms with van der Waals surface area (Å²) in [5.74, 6) is 6.32. The first kappa shape index (κ1) is 13.2. The zero-order valence-electron chi connectivity index (χ0n) is 11.7. The van der Waals surface area contributed by atoms with Crippen LogP contribution in [0.1, 0.15) is 40.7 Å². The van der Waals surface area contributed by atoms with Crippen molar-refractivity contribution >= 4 is 5.91 Å². The number of aryl methyl sites for hydroxylation is 1. The van der Waals surface area contributed by atoms with E-state index in [1.807, 2.05) is 30.0 Å². The van der Waals surface area contributed by atoms with Crippen LogP contribution in [0.25, 0.3) is 0 Å². The highest BCUT2D eigenvalue weighted by Gasteiger charge is 2.40. The quantitative estimate of drug-likeness (QED) is 0.792. The Morgan fingerprint density at radius 1 is 1.45 bits per heavy atom. The van der Waals surface area contributed by atoms with Crippen molar-refractivity contribution in [3.8, 4) is 11.8 Å². The normalized spacial score (nSPS) is 23.6. The number of fused-ring (bicyclic) bond motifs is 2. The van der Waals surface area contributed by atoms with E-state index in [-0.39, 0.29) is 12.5 Å². The fourth-order valence-corrected chi connectivity index (χ4v) is 3.41. The second kappa shape index (κ2) is 5.30. The van der Waals surface area contributed by atoms with E-state index in [4.69, 9.17) is 5.11 Å². The van der Waals surface area contributed by atoms with Crippen LogP contribution in [0, 0.1) is 24.7 Å². The first-order valence-electron chi connectivity index (χ1n) is 7.20. The summed E-state index contributed by atoms with van der Waals surface area (Å²) in [7, 11) is 0. The molecule has 1 aromatic carbocycles. The second-order valence-electron chi connectivity index (χ2n) is 5.80. The van der Waals surface area contributed by atoms with E-state index in [0.717, 1.165) is 30.5 Å². The molecule has 1 saturated heterocycles. The Morgan fingerprint density at radius 3 is 2.95 bits per heavy atom. The highest BCUT2D eigenvalue weighted by atomic mass is 16.2. The summed E-state index contributed by atoms with van der Waals surface area (Å²) in [5.41, 5.74) is 2.46. The van der Waals surface area contributed by atoms with Gasteiger partial charge in [0, 0.05) is 18.2 Å². The van der Waals surface area contributed by atoms with Gasteiger partial charge in [0.1, 0.15) is 6.61 Å². The third-order valence-electron chi connectivity index (χ3n) is 4.38. The van der Waals surface area contributed by atoms with Crippen molar-refractivity contribution < 1.29 is 9.90 Å². The molecule has 3 nitrogen and oxygen atoms in total. The first-order chi connectivity index (χ1) is 9.69. The van der Waals surface area contributed by atoms with Gasteiger partial charge in [0.2, 0.25) is 0 Å². The highest BCUT2D eigenvalue weighted by Crippen LogP contribution is 2.38. The topological polar surface area (TPSA) is 40.5 Å².